The maximum atomic E-state index is 14.1. The Hall–Kier alpha value is -3.39. The second-order valence-corrected chi connectivity index (χ2v) is 13.3. The number of hydrogen-bond donors (Lipinski definition) is 1. The average molecular weight is 624 g/mol. The van der Waals surface area contributed by atoms with Gasteiger partial charge in [-0.05, 0) is 48.8 Å². The molecule has 2 aliphatic heterocycles. The van der Waals surface area contributed by atoms with Gasteiger partial charge in [0.25, 0.3) is 11.8 Å². The number of phenols is 1. The summed E-state index contributed by atoms with van der Waals surface area (Å²) in [5, 5.41) is 13.3. The molecule has 3 aromatic rings. The van der Waals surface area contributed by atoms with Crippen molar-refractivity contribution in [2.75, 3.05) is 11.9 Å². The van der Waals surface area contributed by atoms with Gasteiger partial charge in [-0.3, -0.25) is 24.1 Å². The lowest BCUT2D eigenvalue weighted by atomic mass is 9.56. The minimum absolute atomic E-state index is 0.0830. The number of carbonyl (C=O) groups excluding carboxylic acids is 4. The van der Waals surface area contributed by atoms with E-state index in [1.54, 1.807) is 36.4 Å². The van der Waals surface area contributed by atoms with Crippen molar-refractivity contribution in [1.29, 1.82) is 0 Å². The summed E-state index contributed by atoms with van der Waals surface area (Å²) < 4.78 is 0. The number of aromatic hydroxyl groups is 1. The van der Waals surface area contributed by atoms with E-state index in [1.807, 2.05) is 31.2 Å². The molecule has 214 valence electrons. The summed E-state index contributed by atoms with van der Waals surface area (Å²) in [6.45, 7) is 1.83. The number of amides is 4. The first-order valence-electron chi connectivity index (χ1n) is 13.7. The summed E-state index contributed by atoms with van der Waals surface area (Å²) >= 11 is 20.8. The lowest BCUT2D eigenvalue weighted by Crippen LogP contribution is -2.60. The first-order chi connectivity index (χ1) is 19.9. The lowest BCUT2D eigenvalue weighted by Gasteiger charge is -2.50. The summed E-state index contributed by atoms with van der Waals surface area (Å²) in [7, 11) is 1.34. The molecular weight excluding hydrogens is 599 g/mol. The third-order valence-corrected chi connectivity index (χ3v) is 11.5. The number of benzene rings is 3. The molecule has 3 aromatic carbocycles. The van der Waals surface area contributed by atoms with E-state index in [9.17, 15) is 24.3 Å². The van der Waals surface area contributed by atoms with Gasteiger partial charge in [-0.25, -0.2) is 4.90 Å². The molecule has 42 heavy (non-hydrogen) atoms. The van der Waals surface area contributed by atoms with Crippen LogP contribution in [0.2, 0.25) is 5.02 Å². The Balaban J connectivity index is 1.42. The Morgan fingerprint density at radius 3 is 2.40 bits per heavy atom. The van der Waals surface area contributed by atoms with Gasteiger partial charge in [-0.1, -0.05) is 65.7 Å². The molecule has 3 fully saturated rings. The molecule has 1 N–H and O–H groups in total. The van der Waals surface area contributed by atoms with Crippen LogP contribution in [0.15, 0.2) is 66.2 Å². The van der Waals surface area contributed by atoms with Crippen LogP contribution in [0.4, 0.5) is 5.69 Å². The molecule has 7 rings (SSSR count). The van der Waals surface area contributed by atoms with E-state index in [1.165, 1.54) is 7.05 Å². The van der Waals surface area contributed by atoms with Crippen LogP contribution in [0, 0.1) is 24.7 Å². The van der Waals surface area contributed by atoms with Crippen LogP contribution in [0.3, 0.4) is 0 Å². The van der Waals surface area contributed by atoms with E-state index < -0.39 is 51.1 Å². The highest BCUT2D eigenvalue weighted by Crippen LogP contribution is 2.66. The predicted molar refractivity (Wildman–Crippen MR) is 160 cm³/mol. The topological polar surface area (TPSA) is 95.0 Å². The zero-order chi connectivity index (χ0) is 29.9. The fourth-order valence-electron chi connectivity index (χ4n) is 7.57. The minimum atomic E-state index is -1.97. The van der Waals surface area contributed by atoms with Gasteiger partial charge in [-0.2, -0.15) is 0 Å². The number of likely N-dealkylation sites (tertiary alicyclic amines) is 1. The number of phenolic OH excluding ortho intramolecular Hbond substituents is 1. The fourth-order valence-corrected chi connectivity index (χ4v) is 8.76. The van der Waals surface area contributed by atoms with Gasteiger partial charge in [0.05, 0.1) is 17.5 Å². The summed E-state index contributed by atoms with van der Waals surface area (Å²) in [6, 6.07) is 15.8. The van der Waals surface area contributed by atoms with Crippen molar-refractivity contribution >= 4 is 74.9 Å². The quantitative estimate of drug-likeness (QED) is 0.225. The third-order valence-electron chi connectivity index (χ3n) is 9.67. The maximum Gasteiger partial charge on any atom is 0.253 e. The molecular formula is C32H25Cl3N2O5. The van der Waals surface area contributed by atoms with Crippen molar-refractivity contribution in [1.82, 2.24) is 4.90 Å². The Bertz CT molecular complexity index is 1810. The van der Waals surface area contributed by atoms with E-state index in [0.717, 1.165) is 20.7 Å². The summed E-state index contributed by atoms with van der Waals surface area (Å²) in [5.41, 5.74) is 2.13. The first kappa shape index (κ1) is 27.4. The number of allylic oxidation sites excluding steroid dienone is 2. The Morgan fingerprint density at radius 1 is 0.929 bits per heavy atom. The molecule has 0 radical (unpaired) electrons. The molecule has 6 atom stereocenters. The van der Waals surface area contributed by atoms with Crippen molar-refractivity contribution in [2.24, 2.45) is 17.8 Å². The first-order valence-corrected chi connectivity index (χ1v) is 14.8. The van der Waals surface area contributed by atoms with Crippen LogP contribution in [0.25, 0.3) is 10.8 Å². The van der Waals surface area contributed by atoms with E-state index in [4.69, 9.17) is 34.8 Å². The van der Waals surface area contributed by atoms with Crippen molar-refractivity contribution in [3.05, 3.63) is 82.4 Å². The van der Waals surface area contributed by atoms with Crippen molar-refractivity contribution in [3.8, 4) is 5.75 Å². The predicted octanol–water partition coefficient (Wildman–Crippen LogP) is 5.70. The monoisotopic (exact) mass is 622 g/mol. The fraction of sp³-hybridized carbons (Fsp3) is 0.312. The van der Waals surface area contributed by atoms with Crippen LogP contribution in [-0.4, -0.2) is 50.4 Å². The smallest absolute Gasteiger partial charge is 0.253 e. The highest BCUT2D eigenvalue weighted by Gasteiger charge is 2.76. The molecule has 10 heteroatoms. The standard InChI is InChI=1S/C32H25Cl3N2O5/c1-15-7-9-17(13-23(15)33)37-27(39)20-12-11-19-22(24(20)28(37)40)14-31(34)29(41)36(2)30(42)32(31,35)25(19)21-10-8-16-5-3-4-6-18(16)26(21)38/h3-11,13,20,22,24-25,38H,12,14H2,1-2H3. The van der Waals surface area contributed by atoms with Crippen LogP contribution >= 0.6 is 34.8 Å². The van der Waals surface area contributed by atoms with Crippen molar-refractivity contribution in [2.45, 2.75) is 35.4 Å². The highest BCUT2D eigenvalue weighted by atomic mass is 35.5. The van der Waals surface area contributed by atoms with Crippen molar-refractivity contribution in [3.63, 3.8) is 0 Å². The molecule has 2 heterocycles. The number of hydrogen-bond acceptors (Lipinski definition) is 5. The van der Waals surface area contributed by atoms with Gasteiger partial charge < -0.3 is 5.11 Å². The van der Waals surface area contributed by atoms with Gasteiger partial charge in [-0.15, -0.1) is 23.2 Å². The number of imide groups is 2. The van der Waals surface area contributed by atoms with Gasteiger partial charge in [0.2, 0.25) is 11.8 Å². The molecule has 0 aromatic heterocycles. The molecule has 7 nitrogen and oxygen atoms in total. The molecule has 4 amide bonds. The second kappa shape index (κ2) is 9.06. The van der Waals surface area contributed by atoms with Gasteiger partial charge >= 0.3 is 0 Å². The van der Waals surface area contributed by atoms with Gasteiger partial charge in [0, 0.05) is 28.9 Å². The number of rotatable bonds is 2. The summed E-state index contributed by atoms with van der Waals surface area (Å²) in [6.07, 6.45) is 1.95. The number of nitrogens with zero attached hydrogens (tertiary/aromatic N) is 2. The summed E-state index contributed by atoms with van der Waals surface area (Å²) in [5.74, 6) is -5.46. The molecule has 2 aliphatic carbocycles. The van der Waals surface area contributed by atoms with Gasteiger partial charge in [0.15, 0.2) is 9.75 Å². The van der Waals surface area contributed by atoms with Crippen molar-refractivity contribution < 1.29 is 24.3 Å². The van der Waals surface area contributed by atoms with Crippen LogP contribution in [0.5, 0.6) is 5.75 Å². The normalized spacial score (nSPS) is 32.3. The number of halogens is 3. The average Bonchev–Trinajstić information content (AvgIpc) is 3.30. The SMILES string of the molecule is Cc1ccc(N2C(=O)C3CC=C4C(CC5(Cl)C(=O)N(C)C(=O)C5(Cl)C4c4ccc5ccccc5c4O)C3C2=O)cc1Cl. The van der Waals surface area contributed by atoms with E-state index >= 15 is 0 Å². The number of alkyl halides is 2. The summed E-state index contributed by atoms with van der Waals surface area (Å²) in [4.78, 5) is 53.5. The van der Waals surface area contributed by atoms with E-state index in [-0.39, 0.29) is 24.5 Å². The molecule has 4 aliphatic rings. The van der Waals surface area contributed by atoms with Gasteiger partial charge in [0.1, 0.15) is 5.75 Å². The van der Waals surface area contributed by atoms with Crippen LogP contribution in [-0.2, 0) is 19.2 Å². The Labute approximate surface area is 256 Å². The molecule has 0 spiro atoms. The number of anilines is 1. The number of aryl methyl sites for hydroxylation is 1. The second-order valence-electron chi connectivity index (χ2n) is 11.7. The number of fused-ring (bicyclic) bond motifs is 5. The van der Waals surface area contributed by atoms with Crippen LogP contribution in [0.1, 0.15) is 29.9 Å². The zero-order valence-electron chi connectivity index (χ0n) is 22.6. The highest BCUT2D eigenvalue weighted by molar-refractivity contribution is 6.53. The van der Waals surface area contributed by atoms with E-state index in [2.05, 4.69) is 0 Å². The molecule has 6 unspecified atom stereocenters. The van der Waals surface area contributed by atoms with Crippen LogP contribution < -0.4 is 4.90 Å². The molecule has 2 saturated heterocycles. The third kappa shape index (κ3) is 3.30. The largest absolute Gasteiger partial charge is 0.507 e. The maximum absolute atomic E-state index is 14.1. The van der Waals surface area contributed by atoms with E-state index in [0.29, 0.717) is 27.2 Å². The number of carbonyl (C=O) groups is 4. The lowest BCUT2D eigenvalue weighted by molar-refractivity contribution is -0.138. The zero-order valence-corrected chi connectivity index (χ0v) is 24.9. The Morgan fingerprint density at radius 2 is 1.67 bits per heavy atom. The minimum Gasteiger partial charge on any atom is -0.507 e. The molecule has 1 saturated carbocycles. The Kier molecular flexibility index (Phi) is 5.92. The molecule has 0 bridgehead atoms.